The average Bonchev–Trinajstić information content (AvgIpc) is 2.98. The monoisotopic (exact) mass is 380 g/mol. The molecule has 0 spiro atoms. The van der Waals surface area contributed by atoms with Crippen LogP contribution >= 0.6 is 11.6 Å². The molecule has 0 atom stereocenters. The van der Waals surface area contributed by atoms with Crippen LogP contribution < -0.4 is 5.46 Å². The second-order valence-corrected chi connectivity index (χ2v) is 8.18. The summed E-state index contributed by atoms with van der Waals surface area (Å²) < 4.78 is 12.0. The molecule has 137 valence electrons. The van der Waals surface area contributed by atoms with Gasteiger partial charge in [0.1, 0.15) is 5.52 Å². The number of rotatable bonds is 4. The van der Waals surface area contributed by atoms with Crippen LogP contribution in [0.5, 0.6) is 0 Å². The topological polar surface area (TPSA) is 55.5 Å². The number of pyridine rings is 1. The van der Waals surface area contributed by atoms with Gasteiger partial charge in [-0.25, -0.2) is 4.98 Å². The molecule has 4 nitrogen and oxygen atoms in total. The summed E-state index contributed by atoms with van der Waals surface area (Å²) in [5, 5.41) is 12.7. The quantitative estimate of drug-likeness (QED) is 0.526. The number of fused-ring (bicyclic) bond motifs is 4. The zero-order valence-electron chi connectivity index (χ0n) is 15.7. The third-order valence-corrected chi connectivity index (χ3v) is 5.53. The third-order valence-electron chi connectivity index (χ3n) is 5.23. The highest BCUT2D eigenvalue weighted by atomic mass is 35.5. The first kappa shape index (κ1) is 18.3. The van der Waals surface area contributed by atoms with Gasteiger partial charge in [-0.1, -0.05) is 35.9 Å². The number of hydrogen-bond donors (Lipinski definition) is 1. The van der Waals surface area contributed by atoms with Crippen molar-refractivity contribution in [2.75, 3.05) is 0 Å². The van der Waals surface area contributed by atoms with Gasteiger partial charge in [0.2, 0.25) is 0 Å². The maximum atomic E-state index is 10.3. The van der Waals surface area contributed by atoms with Gasteiger partial charge in [0.15, 0.2) is 11.2 Å². The van der Waals surface area contributed by atoms with Gasteiger partial charge in [-0.15, -0.1) is 0 Å². The zero-order valence-corrected chi connectivity index (χ0v) is 16.5. The van der Waals surface area contributed by atoms with Gasteiger partial charge in [0.25, 0.3) is 0 Å². The van der Waals surface area contributed by atoms with E-state index < -0.39 is 11.2 Å². The third kappa shape index (κ3) is 3.10. The van der Waals surface area contributed by atoms with Crippen molar-refractivity contribution in [2.45, 2.75) is 38.9 Å². The number of nitrogens with zero attached hydrogens (tertiary/aromatic N) is 1. The number of halogens is 1. The van der Waals surface area contributed by atoms with E-state index in [-0.39, 0.29) is 0 Å². The van der Waals surface area contributed by atoms with Gasteiger partial charge >= 0.3 is 7.48 Å². The average molecular weight is 381 g/mol. The van der Waals surface area contributed by atoms with E-state index in [1.54, 1.807) is 27.4 Å². The highest BCUT2D eigenvalue weighted by molar-refractivity contribution is 6.53. The Morgan fingerprint density at radius 1 is 1.11 bits per heavy atom. The van der Waals surface area contributed by atoms with Crippen molar-refractivity contribution in [3.63, 3.8) is 0 Å². The zero-order chi connectivity index (χ0) is 19.4. The van der Waals surface area contributed by atoms with Crippen LogP contribution in [0.15, 0.2) is 46.9 Å². The van der Waals surface area contributed by atoms with Crippen LogP contribution in [0.2, 0.25) is 5.02 Å². The van der Waals surface area contributed by atoms with E-state index in [0.29, 0.717) is 16.2 Å². The van der Waals surface area contributed by atoms with Gasteiger partial charge < -0.3 is 14.2 Å². The Morgan fingerprint density at radius 2 is 1.85 bits per heavy atom. The number of aliphatic hydroxyl groups is 1. The summed E-state index contributed by atoms with van der Waals surface area (Å²) in [4.78, 5) is 4.78. The number of benzene rings is 2. The van der Waals surface area contributed by atoms with Crippen molar-refractivity contribution in [2.24, 2.45) is 0 Å². The molecule has 1 radical (unpaired) electrons. The summed E-state index contributed by atoms with van der Waals surface area (Å²) >= 11 is 6.38. The Hall–Kier alpha value is -2.08. The lowest BCUT2D eigenvalue weighted by Crippen LogP contribution is -2.49. The molecule has 4 aromatic rings. The lowest BCUT2D eigenvalue weighted by Gasteiger charge is -2.37. The molecule has 0 amide bonds. The first-order valence-electron chi connectivity index (χ1n) is 8.81. The summed E-state index contributed by atoms with van der Waals surface area (Å²) in [6, 6.07) is 13.5. The Kier molecular flexibility index (Phi) is 4.22. The molecule has 2 aromatic heterocycles. The van der Waals surface area contributed by atoms with Crippen molar-refractivity contribution in [3.8, 4) is 0 Å². The second-order valence-electron chi connectivity index (χ2n) is 7.78. The molecular weight excluding hydrogens is 361 g/mol. The number of furan rings is 1. The van der Waals surface area contributed by atoms with E-state index in [4.69, 9.17) is 25.7 Å². The summed E-state index contributed by atoms with van der Waals surface area (Å²) in [5.41, 5.74) is 1.88. The maximum absolute atomic E-state index is 10.3. The van der Waals surface area contributed by atoms with Gasteiger partial charge in [0.05, 0.1) is 21.7 Å². The summed E-state index contributed by atoms with van der Waals surface area (Å²) in [5.74, 6) is 0. The molecule has 2 aromatic carbocycles. The van der Waals surface area contributed by atoms with Gasteiger partial charge in [0, 0.05) is 10.8 Å². The fraction of sp³-hybridized carbons (Fsp3) is 0.286. The molecule has 1 N–H and O–H groups in total. The van der Waals surface area contributed by atoms with E-state index in [9.17, 15) is 5.11 Å². The first-order valence-corrected chi connectivity index (χ1v) is 9.19. The summed E-state index contributed by atoms with van der Waals surface area (Å²) in [6.07, 6.45) is 0. The van der Waals surface area contributed by atoms with Crippen molar-refractivity contribution < 1.29 is 14.2 Å². The SMILES string of the molecule is CC(C)(O)C(C)(C)O[B]c1ccc(Cl)c2oc3cc4ccccc4nc3c12. The molecule has 4 rings (SSSR count). The Labute approximate surface area is 163 Å². The lowest BCUT2D eigenvalue weighted by molar-refractivity contribution is -0.0893. The van der Waals surface area contributed by atoms with Gasteiger partial charge in [-0.3, -0.25) is 0 Å². The Bertz CT molecular complexity index is 1160. The van der Waals surface area contributed by atoms with Crippen molar-refractivity contribution >= 4 is 57.5 Å². The van der Waals surface area contributed by atoms with Crippen LogP contribution in [-0.4, -0.2) is 28.8 Å². The predicted molar refractivity (Wildman–Crippen MR) is 111 cm³/mol. The molecule has 0 saturated carbocycles. The molecule has 0 aliphatic rings. The summed E-state index contributed by atoms with van der Waals surface area (Å²) in [6.45, 7) is 7.13. The Balaban J connectivity index is 1.88. The maximum Gasteiger partial charge on any atom is 0.331 e. The molecule has 27 heavy (non-hydrogen) atoms. The van der Waals surface area contributed by atoms with Crippen LogP contribution in [0, 0.1) is 0 Å². The lowest BCUT2D eigenvalue weighted by atomic mass is 9.81. The minimum absolute atomic E-state index is 0.519. The molecule has 0 aliphatic carbocycles. The van der Waals surface area contributed by atoms with Gasteiger partial charge in [-0.2, -0.15) is 0 Å². The molecule has 0 aliphatic heterocycles. The van der Waals surface area contributed by atoms with Crippen molar-refractivity contribution in [1.29, 1.82) is 0 Å². The van der Waals surface area contributed by atoms with Crippen molar-refractivity contribution in [1.82, 2.24) is 4.98 Å². The molecule has 0 bridgehead atoms. The minimum atomic E-state index is -1.01. The first-order chi connectivity index (χ1) is 12.7. The van der Waals surface area contributed by atoms with Gasteiger partial charge in [-0.05, 0) is 51.4 Å². The van der Waals surface area contributed by atoms with E-state index >= 15 is 0 Å². The van der Waals surface area contributed by atoms with Crippen molar-refractivity contribution in [3.05, 3.63) is 47.5 Å². The van der Waals surface area contributed by atoms with E-state index in [1.165, 1.54) is 0 Å². The molecule has 6 heteroatoms. The molecule has 0 saturated heterocycles. The van der Waals surface area contributed by atoms with Crippen LogP contribution in [0.3, 0.4) is 0 Å². The van der Waals surface area contributed by atoms with E-state index in [1.807, 2.05) is 50.2 Å². The smallest absolute Gasteiger partial charge is 0.331 e. The second kappa shape index (κ2) is 6.23. The Morgan fingerprint density at radius 3 is 2.59 bits per heavy atom. The molecular formula is C21H20BClNO3. The fourth-order valence-corrected chi connectivity index (χ4v) is 3.03. The number of hydrogen-bond acceptors (Lipinski definition) is 4. The standard InChI is InChI=1S/C21H20BClNO3/c1-20(2,25)21(3,4)27-22-13-9-10-14(23)19-17(13)18-16(26-19)11-12-7-5-6-8-15(12)24-18/h5-11,25H,1-4H3. The normalized spacial score (nSPS) is 13.0. The number of aromatic nitrogens is 1. The molecule has 2 heterocycles. The predicted octanol–water partition coefficient (Wildman–Crippen LogP) is 4.60. The van der Waals surface area contributed by atoms with Crippen LogP contribution in [0.25, 0.3) is 33.0 Å². The van der Waals surface area contributed by atoms with E-state index in [0.717, 1.165) is 27.3 Å². The number of para-hydroxylation sites is 1. The molecule has 0 unspecified atom stereocenters. The van der Waals surface area contributed by atoms with Crippen LogP contribution in [0.4, 0.5) is 0 Å². The highest BCUT2D eigenvalue weighted by Gasteiger charge is 2.36. The minimum Gasteiger partial charge on any atom is -0.453 e. The summed E-state index contributed by atoms with van der Waals surface area (Å²) in [7, 11) is 1.64. The van der Waals surface area contributed by atoms with Crippen LogP contribution in [0.1, 0.15) is 27.7 Å². The van der Waals surface area contributed by atoms with E-state index in [2.05, 4.69) is 0 Å². The van der Waals surface area contributed by atoms with Crippen LogP contribution in [-0.2, 0) is 4.65 Å². The highest BCUT2D eigenvalue weighted by Crippen LogP contribution is 2.33. The largest absolute Gasteiger partial charge is 0.453 e. The molecule has 0 fully saturated rings. The fourth-order valence-electron chi connectivity index (χ4n) is 2.83.